The van der Waals surface area contributed by atoms with Crippen LogP contribution >= 0.6 is 11.8 Å². The first-order valence-corrected chi connectivity index (χ1v) is 6.22. The van der Waals surface area contributed by atoms with Crippen LogP contribution in [-0.4, -0.2) is 31.8 Å². The lowest BCUT2D eigenvalue weighted by Gasteiger charge is -2.08. The summed E-state index contributed by atoms with van der Waals surface area (Å²) in [5, 5.41) is 0. The Morgan fingerprint density at radius 2 is 1.79 bits per heavy atom. The zero-order valence-corrected chi connectivity index (χ0v) is 10.1. The maximum absolute atomic E-state index is 2.24. The zero-order chi connectivity index (χ0) is 10.4. The van der Waals surface area contributed by atoms with Crippen molar-refractivity contribution in [2.24, 2.45) is 0 Å². The largest absolute Gasteiger partial charge is 0.309 e. The first-order chi connectivity index (χ1) is 6.72. The summed E-state index contributed by atoms with van der Waals surface area (Å²) < 4.78 is 0. The second-order valence-electron chi connectivity index (χ2n) is 3.75. The van der Waals surface area contributed by atoms with Crippen LogP contribution in [-0.2, 0) is 6.42 Å². The highest BCUT2D eigenvalue weighted by Crippen LogP contribution is 2.15. The second-order valence-corrected chi connectivity index (χ2v) is 4.63. The predicted molar refractivity (Wildman–Crippen MR) is 65.1 cm³/mol. The fraction of sp³-hybridized carbons (Fsp3) is 0.500. The third-order valence-corrected chi connectivity index (χ3v) is 2.97. The molecule has 0 fully saturated rings. The van der Waals surface area contributed by atoms with Crippen molar-refractivity contribution in [3.63, 3.8) is 0 Å². The van der Waals surface area contributed by atoms with E-state index in [0.29, 0.717) is 0 Å². The quantitative estimate of drug-likeness (QED) is 0.686. The Morgan fingerprint density at radius 3 is 2.29 bits per heavy atom. The van der Waals surface area contributed by atoms with Gasteiger partial charge in [-0.1, -0.05) is 12.1 Å². The Morgan fingerprint density at radius 1 is 1.14 bits per heavy atom. The Hall–Kier alpha value is -0.470. The van der Waals surface area contributed by atoms with E-state index in [1.807, 2.05) is 0 Å². The molecular formula is C12H19NS. The van der Waals surface area contributed by atoms with Crippen molar-refractivity contribution >= 4 is 11.8 Å². The van der Waals surface area contributed by atoms with E-state index in [0.717, 1.165) is 0 Å². The van der Waals surface area contributed by atoms with Crippen LogP contribution in [0.25, 0.3) is 0 Å². The van der Waals surface area contributed by atoms with E-state index in [1.165, 1.54) is 29.8 Å². The summed E-state index contributed by atoms with van der Waals surface area (Å²) in [6.07, 6.45) is 4.54. The van der Waals surface area contributed by atoms with Crippen molar-refractivity contribution in [2.75, 3.05) is 26.9 Å². The number of hydrogen-bond donors (Lipinski definition) is 0. The van der Waals surface area contributed by atoms with Crippen LogP contribution in [0.2, 0.25) is 0 Å². The summed E-state index contributed by atoms with van der Waals surface area (Å²) in [5.74, 6) is 0. The maximum Gasteiger partial charge on any atom is 0.00693 e. The van der Waals surface area contributed by atoms with Crippen LogP contribution in [0.3, 0.4) is 0 Å². The topological polar surface area (TPSA) is 3.24 Å². The van der Waals surface area contributed by atoms with E-state index in [4.69, 9.17) is 0 Å². The van der Waals surface area contributed by atoms with Gasteiger partial charge in [0, 0.05) is 4.90 Å². The smallest absolute Gasteiger partial charge is 0.00693 e. The molecule has 0 aliphatic carbocycles. The number of thioether (sulfide) groups is 1. The van der Waals surface area contributed by atoms with Gasteiger partial charge in [0.25, 0.3) is 0 Å². The molecule has 78 valence electrons. The molecule has 1 rings (SSSR count). The molecule has 14 heavy (non-hydrogen) atoms. The fourth-order valence-corrected chi connectivity index (χ4v) is 1.80. The van der Waals surface area contributed by atoms with E-state index in [1.54, 1.807) is 11.8 Å². The van der Waals surface area contributed by atoms with Crippen LogP contribution < -0.4 is 0 Å². The minimum atomic E-state index is 1.17. The summed E-state index contributed by atoms with van der Waals surface area (Å²) in [6.45, 7) is 1.17. The molecule has 0 saturated heterocycles. The summed E-state index contributed by atoms with van der Waals surface area (Å²) >= 11 is 1.80. The Kier molecular flexibility index (Phi) is 5.05. The molecule has 0 spiro atoms. The summed E-state index contributed by atoms with van der Waals surface area (Å²) in [6, 6.07) is 8.88. The van der Waals surface area contributed by atoms with Gasteiger partial charge < -0.3 is 4.90 Å². The summed E-state index contributed by atoms with van der Waals surface area (Å²) in [7, 11) is 4.24. The maximum atomic E-state index is 2.24. The number of rotatable bonds is 5. The van der Waals surface area contributed by atoms with Crippen LogP contribution in [0.15, 0.2) is 29.2 Å². The third kappa shape index (κ3) is 4.16. The van der Waals surface area contributed by atoms with Crippen LogP contribution in [0, 0.1) is 0 Å². The molecule has 0 unspecified atom stereocenters. The van der Waals surface area contributed by atoms with E-state index >= 15 is 0 Å². The predicted octanol–water partition coefficient (Wildman–Crippen LogP) is 2.90. The Balaban J connectivity index is 2.36. The first-order valence-electron chi connectivity index (χ1n) is 5.00. The van der Waals surface area contributed by atoms with Gasteiger partial charge in [-0.05, 0) is 57.4 Å². The zero-order valence-electron chi connectivity index (χ0n) is 9.29. The molecule has 0 saturated carbocycles. The number of aryl methyl sites for hydroxylation is 1. The van der Waals surface area contributed by atoms with Crippen molar-refractivity contribution in [1.29, 1.82) is 0 Å². The van der Waals surface area contributed by atoms with Crippen LogP contribution in [0.5, 0.6) is 0 Å². The van der Waals surface area contributed by atoms with E-state index in [-0.39, 0.29) is 0 Å². The van der Waals surface area contributed by atoms with Crippen molar-refractivity contribution in [2.45, 2.75) is 17.7 Å². The Bertz CT molecular complexity index is 254. The molecule has 0 radical (unpaired) electrons. The van der Waals surface area contributed by atoms with Crippen molar-refractivity contribution in [3.8, 4) is 0 Å². The molecule has 2 heteroatoms. The highest BCUT2D eigenvalue weighted by atomic mass is 32.2. The molecule has 0 aliphatic heterocycles. The number of benzene rings is 1. The standard InChI is InChI=1S/C12H19NS/c1-13(2)10-4-5-11-6-8-12(14-3)9-7-11/h6-9H,4-5,10H2,1-3H3. The van der Waals surface area contributed by atoms with Gasteiger partial charge in [-0.2, -0.15) is 0 Å². The molecule has 0 bridgehead atoms. The average molecular weight is 209 g/mol. The van der Waals surface area contributed by atoms with Gasteiger partial charge in [-0.3, -0.25) is 0 Å². The number of hydrogen-bond acceptors (Lipinski definition) is 2. The molecule has 0 aromatic heterocycles. The van der Waals surface area contributed by atoms with E-state index < -0.39 is 0 Å². The minimum absolute atomic E-state index is 1.17. The lowest BCUT2D eigenvalue weighted by atomic mass is 10.1. The normalized spacial score (nSPS) is 10.9. The van der Waals surface area contributed by atoms with Gasteiger partial charge in [0.1, 0.15) is 0 Å². The molecule has 0 aliphatic rings. The van der Waals surface area contributed by atoms with Gasteiger partial charge in [0.15, 0.2) is 0 Å². The van der Waals surface area contributed by atoms with Gasteiger partial charge in [-0.25, -0.2) is 0 Å². The molecule has 1 aromatic rings. The average Bonchev–Trinajstić information content (AvgIpc) is 2.18. The van der Waals surface area contributed by atoms with Crippen molar-refractivity contribution in [1.82, 2.24) is 4.90 Å². The first kappa shape index (κ1) is 11.6. The molecular weight excluding hydrogens is 190 g/mol. The fourth-order valence-electron chi connectivity index (χ4n) is 1.39. The van der Waals surface area contributed by atoms with E-state index in [2.05, 4.69) is 49.5 Å². The molecule has 0 N–H and O–H groups in total. The van der Waals surface area contributed by atoms with Gasteiger partial charge in [0.05, 0.1) is 0 Å². The van der Waals surface area contributed by atoms with Gasteiger partial charge in [0.2, 0.25) is 0 Å². The number of nitrogens with zero attached hydrogens (tertiary/aromatic N) is 1. The molecule has 0 heterocycles. The highest BCUT2D eigenvalue weighted by Gasteiger charge is 1.95. The van der Waals surface area contributed by atoms with Crippen LogP contribution in [0.1, 0.15) is 12.0 Å². The van der Waals surface area contributed by atoms with Gasteiger partial charge >= 0.3 is 0 Å². The third-order valence-electron chi connectivity index (χ3n) is 2.23. The van der Waals surface area contributed by atoms with Crippen LogP contribution in [0.4, 0.5) is 0 Å². The minimum Gasteiger partial charge on any atom is -0.309 e. The molecule has 0 amide bonds. The molecule has 1 nitrogen and oxygen atoms in total. The lowest BCUT2D eigenvalue weighted by Crippen LogP contribution is -2.13. The SMILES string of the molecule is CSc1ccc(CCCN(C)C)cc1. The monoisotopic (exact) mass is 209 g/mol. The summed E-state index contributed by atoms with van der Waals surface area (Å²) in [4.78, 5) is 3.58. The molecule has 0 atom stereocenters. The lowest BCUT2D eigenvalue weighted by molar-refractivity contribution is 0.400. The van der Waals surface area contributed by atoms with Crippen molar-refractivity contribution in [3.05, 3.63) is 29.8 Å². The van der Waals surface area contributed by atoms with Gasteiger partial charge in [-0.15, -0.1) is 11.8 Å². The highest BCUT2D eigenvalue weighted by molar-refractivity contribution is 7.98. The summed E-state index contributed by atoms with van der Waals surface area (Å²) in [5.41, 5.74) is 1.45. The van der Waals surface area contributed by atoms with E-state index in [9.17, 15) is 0 Å². The Labute approximate surface area is 91.5 Å². The second kappa shape index (κ2) is 6.10. The van der Waals surface area contributed by atoms with Crippen molar-refractivity contribution < 1.29 is 0 Å². The molecule has 1 aromatic carbocycles.